The van der Waals surface area contributed by atoms with E-state index in [1.165, 1.54) is 12.1 Å². The molecule has 1 saturated heterocycles. The second-order valence-electron chi connectivity index (χ2n) is 6.49. The Balaban J connectivity index is 1.64. The summed E-state index contributed by atoms with van der Waals surface area (Å²) < 4.78 is 5.03. The molecule has 0 unspecified atom stereocenters. The number of carbonyl (C=O) groups is 2. The lowest BCUT2D eigenvalue weighted by atomic mass is 10.1. The highest BCUT2D eigenvalue weighted by Gasteiger charge is 2.21. The lowest BCUT2D eigenvalue weighted by Gasteiger charge is -2.15. The number of esters is 1. The number of carbonyl (C=O) groups excluding carboxylic acids is 2. The van der Waals surface area contributed by atoms with E-state index in [4.69, 9.17) is 4.74 Å². The summed E-state index contributed by atoms with van der Waals surface area (Å²) in [6.07, 6.45) is 1.90. The van der Waals surface area contributed by atoms with Gasteiger partial charge in [0.2, 0.25) is 0 Å². The maximum Gasteiger partial charge on any atom is 0.338 e. The lowest BCUT2D eigenvalue weighted by molar-refractivity contribution is -0.384. The predicted molar refractivity (Wildman–Crippen MR) is 103 cm³/mol. The van der Waals surface area contributed by atoms with Gasteiger partial charge in [0.25, 0.3) is 11.6 Å². The van der Waals surface area contributed by atoms with Crippen molar-refractivity contribution in [2.75, 3.05) is 25.0 Å². The summed E-state index contributed by atoms with van der Waals surface area (Å²) in [6.45, 7) is 1.39. The van der Waals surface area contributed by atoms with Gasteiger partial charge in [-0.05, 0) is 30.5 Å². The van der Waals surface area contributed by atoms with E-state index >= 15 is 0 Å². The number of nitrogens with one attached hydrogen (secondary N) is 1. The van der Waals surface area contributed by atoms with Crippen LogP contribution in [0.25, 0.3) is 0 Å². The molecule has 0 bridgehead atoms. The van der Waals surface area contributed by atoms with E-state index in [0.717, 1.165) is 24.5 Å². The van der Waals surface area contributed by atoms with Crippen molar-refractivity contribution in [3.05, 3.63) is 69.8 Å². The number of rotatable bonds is 7. The summed E-state index contributed by atoms with van der Waals surface area (Å²) in [7, 11) is 0. The molecule has 0 saturated carbocycles. The van der Waals surface area contributed by atoms with Crippen LogP contribution in [0.1, 0.15) is 28.8 Å². The fourth-order valence-electron chi connectivity index (χ4n) is 3.02. The smallest absolute Gasteiger partial charge is 0.338 e. The molecule has 146 valence electrons. The number of amides is 1. The molecule has 0 atom stereocenters. The van der Waals surface area contributed by atoms with Crippen LogP contribution in [0, 0.1) is 10.1 Å². The van der Waals surface area contributed by atoms with Crippen LogP contribution in [-0.2, 0) is 16.1 Å². The van der Waals surface area contributed by atoms with Crippen molar-refractivity contribution >= 4 is 23.3 Å². The Hall–Kier alpha value is -3.42. The largest absolute Gasteiger partial charge is 0.452 e. The molecular weight excluding hydrogens is 362 g/mol. The van der Waals surface area contributed by atoms with Crippen LogP contribution in [0.3, 0.4) is 0 Å². The van der Waals surface area contributed by atoms with Crippen LogP contribution in [0.15, 0.2) is 48.5 Å². The number of hydrogen-bond donors (Lipinski definition) is 1. The Morgan fingerprint density at radius 2 is 1.82 bits per heavy atom. The Morgan fingerprint density at radius 1 is 1.11 bits per heavy atom. The molecule has 3 rings (SSSR count). The summed E-state index contributed by atoms with van der Waals surface area (Å²) in [4.78, 5) is 36.6. The van der Waals surface area contributed by atoms with Gasteiger partial charge in [-0.3, -0.25) is 14.9 Å². The number of likely N-dealkylation sites (tertiary alicyclic amines) is 1. The molecule has 0 radical (unpaired) electrons. The third kappa shape index (κ3) is 4.85. The molecule has 0 spiro atoms. The van der Waals surface area contributed by atoms with E-state index < -0.39 is 10.9 Å². The van der Waals surface area contributed by atoms with E-state index in [1.807, 2.05) is 30.3 Å². The zero-order valence-corrected chi connectivity index (χ0v) is 15.3. The summed E-state index contributed by atoms with van der Waals surface area (Å²) >= 11 is 0. The number of benzene rings is 2. The summed E-state index contributed by atoms with van der Waals surface area (Å²) in [6, 6.07) is 13.5. The van der Waals surface area contributed by atoms with Crippen LogP contribution >= 0.6 is 0 Å². The second kappa shape index (κ2) is 8.98. The SMILES string of the molecule is O=C(OCC(=O)N1CCCC1)c1ccc(NCc2ccccc2)c([N+](=O)[O-])c1. The van der Waals surface area contributed by atoms with E-state index in [2.05, 4.69) is 5.32 Å². The second-order valence-corrected chi connectivity index (χ2v) is 6.49. The number of anilines is 1. The topological polar surface area (TPSA) is 102 Å². The molecule has 1 aliphatic rings. The molecule has 1 heterocycles. The van der Waals surface area contributed by atoms with Gasteiger partial charge in [0.15, 0.2) is 6.61 Å². The number of ether oxygens (including phenoxy) is 1. The van der Waals surface area contributed by atoms with Crippen molar-refractivity contribution in [1.29, 1.82) is 0 Å². The Bertz CT molecular complexity index is 863. The monoisotopic (exact) mass is 383 g/mol. The highest BCUT2D eigenvalue weighted by Crippen LogP contribution is 2.26. The Labute approximate surface area is 162 Å². The molecule has 1 amide bonds. The zero-order chi connectivity index (χ0) is 19.9. The molecule has 8 nitrogen and oxygen atoms in total. The fourth-order valence-corrected chi connectivity index (χ4v) is 3.02. The zero-order valence-electron chi connectivity index (χ0n) is 15.3. The van der Waals surface area contributed by atoms with Crippen molar-refractivity contribution in [2.24, 2.45) is 0 Å². The van der Waals surface area contributed by atoms with Gasteiger partial charge in [0.05, 0.1) is 10.5 Å². The minimum Gasteiger partial charge on any atom is -0.452 e. The van der Waals surface area contributed by atoms with Gasteiger partial charge in [-0.2, -0.15) is 0 Å². The first-order valence-corrected chi connectivity index (χ1v) is 9.06. The molecule has 1 aliphatic heterocycles. The molecule has 8 heteroatoms. The summed E-state index contributed by atoms with van der Waals surface area (Å²) in [5, 5.41) is 14.4. The molecule has 0 aliphatic carbocycles. The first kappa shape index (κ1) is 19.3. The lowest BCUT2D eigenvalue weighted by Crippen LogP contribution is -2.32. The minimum absolute atomic E-state index is 0.0335. The molecule has 2 aromatic carbocycles. The van der Waals surface area contributed by atoms with Gasteiger partial charge in [-0.25, -0.2) is 4.79 Å². The van der Waals surface area contributed by atoms with Gasteiger partial charge in [-0.15, -0.1) is 0 Å². The van der Waals surface area contributed by atoms with E-state index in [0.29, 0.717) is 25.3 Å². The number of nitrogens with zero attached hydrogens (tertiary/aromatic N) is 2. The first-order chi connectivity index (χ1) is 13.5. The molecule has 2 aromatic rings. The standard InChI is InChI=1S/C20H21N3O5/c24-19(22-10-4-5-11-22)14-28-20(25)16-8-9-17(18(12-16)23(26)27)21-13-15-6-2-1-3-7-15/h1-3,6-9,12,21H,4-5,10-11,13-14H2. The van der Waals surface area contributed by atoms with E-state index in [1.54, 1.807) is 4.90 Å². The summed E-state index contributed by atoms with van der Waals surface area (Å²) in [5.41, 5.74) is 1.08. The van der Waals surface area contributed by atoms with Gasteiger partial charge in [0.1, 0.15) is 5.69 Å². The average Bonchev–Trinajstić information content (AvgIpc) is 3.26. The minimum atomic E-state index is -0.759. The van der Waals surface area contributed by atoms with Crippen molar-refractivity contribution in [1.82, 2.24) is 4.90 Å². The van der Waals surface area contributed by atoms with Crippen molar-refractivity contribution < 1.29 is 19.2 Å². The molecule has 1 N–H and O–H groups in total. The van der Waals surface area contributed by atoms with Crippen LogP contribution in [-0.4, -0.2) is 41.4 Å². The quantitative estimate of drug-likeness (QED) is 0.448. The third-order valence-corrected chi connectivity index (χ3v) is 4.54. The predicted octanol–water partition coefficient (Wildman–Crippen LogP) is 2.99. The highest BCUT2D eigenvalue weighted by atomic mass is 16.6. The molecule has 1 fully saturated rings. The van der Waals surface area contributed by atoms with E-state index in [-0.39, 0.29) is 23.8 Å². The third-order valence-electron chi connectivity index (χ3n) is 4.54. The maximum absolute atomic E-state index is 12.2. The summed E-state index contributed by atoms with van der Waals surface area (Å²) in [5.74, 6) is -1.01. The van der Waals surface area contributed by atoms with Crippen LogP contribution in [0.5, 0.6) is 0 Å². The Morgan fingerprint density at radius 3 is 2.50 bits per heavy atom. The van der Waals surface area contributed by atoms with Gasteiger partial charge < -0.3 is 15.0 Å². The van der Waals surface area contributed by atoms with Crippen molar-refractivity contribution in [3.8, 4) is 0 Å². The molecule has 28 heavy (non-hydrogen) atoms. The molecule has 0 aromatic heterocycles. The van der Waals surface area contributed by atoms with Crippen LogP contribution in [0.2, 0.25) is 0 Å². The van der Waals surface area contributed by atoms with E-state index in [9.17, 15) is 19.7 Å². The average molecular weight is 383 g/mol. The normalized spacial score (nSPS) is 13.2. The van der Waals surface area contributed by atoms with Gasteiger partial charge in [-0.1, -0.05) is 30.3 Å². The van der Waals surface area contributed by atoms with Gasteiger partial charge >= 0.3 is 5.97 Å². The number of hydrogen-bond acceptors (Lipinski definition) is 6. The number of nitro groups is 1. The Kier molecular flexibility index (Phi) is 6.21. The van der Waals surface area contributed by atoms with Crippen LogP contribution < -0.4 is 5.32 Å². The first-order valence-electron chi connectivity index (χ1n) is 9.06. The van der Waals surface area contributed by atoms with Crippen molar-refractivity contribution in [2.45, 2.75) is 19.4 Å². The van der Waals surface area contributed by atoms with Crippen LogP contribution in [0.4, 0.5) is 11.4 Å². The molecular formula is C20H21N3O5. The van der Waals surface area contributed by atoms with Gasteiger partial charge in [0, 0.05) is 25.7 Å². The highest BCUT2D eigenvalue weighted by molar-refractivity contribution is 5.93. The van der Waals surface area contributed by atoms with Crippen molar-refractivity contribution in [3.63, 3.8) is 0 Å². The fraction of sp³-hybridized carbons (Fsp3) is 0.300. The maximum atomic E-state index is 12.2. The number of nitro benzene ring substituents is 1.